The maximum atomic E-state index is 12.3. The molecular weight excluding hydrogens is 396 g/mol. The molecule has 0 saturated carbocycles. The van der Waals surface area contributed by atoms with Gasteiger partial charge >= 0.3 is 6.03 Å². The number of amides is 3. The van der Waals surface area contributed by atoms with Crippen LogP contribution < -0.4 is 20.1 Å². The van der Waals surface area contributed by atoms with Gasteiger partial charge in [0.05, 0.1) is 6.54 Å². The quantitative estimate of drug-likeness (QED) is 0.768. The number of nitrogens with one attached hydrogen (secondary N) is 2. The smallest absolute Gasteiger partial charge is 0.325 e. The average Bonchev–Trinajstić information content (AvgIpc) is 3.19. The lowest BCUT2D eigenvalue weighted by Crippen LogP contribution is -2.50. The number of ether oxygens (including phenoxy) is 2. The minimum absolute atomic E-state index is 0.207. The summed E-state index contributed by atoms with van der Waals surface area (Å²) < 4.78 is 10.8. The first kappa shape index (κ1) is 21.1. The molecule has 2 N–H and O–H groups in total. The number of imide groups is 1. The highest BCUT2D eigenvalue weighted by molar-refractivity contribution is 6.02. The molecule has 8 nitrogen and oxygen atoms in total. The predicted octanol–water partition coefficient (Wildman–Crippen LogP) is 2.50. The molecule has 3 amide bonds. The third-order valence-electron chi connectivity index (χ3n) is 5.56. The molecule has 0 unspecified atom stereocenters. The van der Waals surface area contributed by atoms with Crippen LogP contribution in [0.3, 0.4) is 0 Å². The molecule has 0 radical (unpaired) electrons. The van der Waals surface area contributed by atoms with Gasteiger partial charge in [-0.25, -0.2) is 4.79 Å². The lowest BCUT2D eigenvalue weighted by Gasteiger charge is -2.34. The second kappa shape index (κ2) is 9.36. The minimum atomic E-state index is -0.501. The first-order valence-corrected chi connectivity index (χ1v) is 10.5. The van der Waals surface area contributed by atoms with E-state index in [1.54, 1.807) is 0 Å². The Hall–Kier alpha value is -3.10. The number of hydrogen-bond donors (Lipinski definition) is 2. The summed E-state index contributed by atoms with van der Waals surface area (Å²) in [5, 5.41) is 5.16. The van der Waals surface area contributed by atoms with Crippen molar-refractivity contribution in [2.75, 3.05) is 44.8 Å². The number of urea groups is 1. The van der Waals surface area contributed by atoms with Crippen LogP contribution in [0, 0.1) is 13.8 Å². The topological polar surface area (TPSA) is 83.1 Å². The first-order chi connectivity index (χ1) is 15.0. The van der Waals surface area contributed by atoms with Gasteiger partial charge in [-0.05, 0) is 43.2 Å². The van der Waals surface area contributed by atoms with Gasteiger partial charge in [-0.15, -0.1) is 0 Å². The minimum Gasteiger partial charge on any atom is -0.454 e. The summed E-state index contributed by atoms with van der Waals surface area (Å²) in [7, 11) is 0. The standard InChI is InChI=1S/C23H28N4O4/c1-16-3-5-19(17(2)11-16)24-23(29)25-22(28)14-27-9-7-26(8-10-27)13-18-4-6-20-21(12-18)31-15-30-20/h3-6,11-12H,7-10,13-15H2,1-2H3,(H2,24,25,28,29). The van der Waals surface area contributed by atoms with Crippen molar-refractivity contribution in [2.45, 2.75) is 20.4 Å². The van der Waals surface area contributed by atoms with Gasteiger partial charge in [-0.3, -0.25) is 19.9 Å². The highest BCUT2D eigenvalue weighted by Gasteiger charge is 2.21. The fraction of sp³-hybridized carbons (Fsp3) is 0.391. The summed E-state index contributed by atoms with van der Waals surface area (Å²) in [6.45, 7) is 8.50. The van der Waals surface area contributed by atoms with Crippen molar-refractivity contribution in [1.29, 1.82) is 0 Å². The van der Waals surface area contributed by atoms with Crippen LogP contribution in [0.5, 0.6) is 11.5 Å². The van der Waals surface area contributed by atoms with Gasteiger partial charge in [0.25, 0.3) is 0 Å². The van der Waals surface area contributed by atoms with E-state index in [-0.39, 0.29) is 19.2 Å². The number of aryl methyl sites for hydroxylation is 2. The molecule has 2 aliphatic heterocycles. The highest BCUT2D eigenvalue weighted by atomic mass is 16.7. The number of benzene rings is 2. The maximum absolute atomic E-state index is 12.3. The van der Waals surface area contributed by atoms with Crippen LogP contribution in [0.4, 0.5) is 10.5 Å². The molecule has 2 aromatic rings. The Labute approximate surface area is 182 Å². The Balaban J connectivity index is 1.19. The second-order valence-electron chi connectivity index (χ2n) is 8.06. The van der Waals surface area contributed by atoms with Crippen LogP contribution in [0.1, 0.15) is 16.7 Å². The van der Waals surface area contributed by atoms with E-state index in [4.69, 9.17) is 9.47 Å². The first-order valence-electron chi connectivity index (χ1n) is 10.5. The molecule has 1 fully saturated rings. The third-order valence-corrected chi connectivity index (χ3v) is 5.56. The van der Waals surface area contributed by atoms with E-state index < -0.39 is 6.03 Å². The monoisotopic (exact) mass is 424 g/mol. The van der Waals surface area contributed by atoms with Crippen LogP contribution in [-0.2, 0) is 11.3 Å². The zero-order valence-electron chi connectivity index (χ0n) is 17.9. The molecule has 2 heterocycles. The number of piperazine rings is 1. The molecule has 164 valence electrons. The van der Waals surface area contributed by atoms with E-state index in [9.17, 15) is 9.59 Å². The number of hydrogen-bond acceptors (Lipinski definition) is 6. The number of carbonyl (C=O) groups is 2. The summed E-state index contributed by atoms with van der Waals surface area (Å²) in [6, 6.07) is 11.3. The molecule has 31 heavy (non-hydrogen) atoms. The predicted molar refractivity (Wildman–Crippen MR) is 117 cm³/mol. The fourth-order valence-electron chi connectivity index (χ4n) is 3.88. The van der Waals surface area contributed by atoms with E-state index in [1.807, 2.05) is 44.2 Å². The summed E-state index contributed by atoms with van der Waals surface area (Å²) in [4.78, 5) is 28.8. The molecule has 8 heteroatoms. The maximum Gasteiger partial charge on any atom is 0.325 e. The number of nitrogens with zero attached hydrogens (tertiary/aromatic N) is 2. The SMILES string of the molecule is Cc1ccc(NC(=O)NC(=O)CN2CCN(Cc3ccc4c(c3)OCO4)CC2)c(C)c1. The molecule has 0 aliphatic carbocycles. The number of rotatable bonds is 5. The molecule has 2 aromatic carbocycles. The van der Waals surface area contributed by atoms with Crippen molar-refractivity contribution in [2.24, 2.45) is 0 Å². The zero-order valence-corrected chi connectivity index (χ0v) is 17.9. The van der Waals surface area contributed by atoms with Gasteiger partial charge in [-0.1, -0.05) is 23.8 Å². The van der Waals surface area contributed by atoms with E-state index in [2.05, 4.69) is 26.5 Å². The molecular formula is C23H28N4O4. The van der Waals surface area contributed by atoms with Crippen molar-refractivity contribution in [3.05, 3.63) is 53.1 Å². The Morgan fingerprint density at radius 3 is 2.45 bits per heavy atom. The van der Waals surface area contributed by atoms with E-state index in [1.165, 1.54) is 5.56 Å². The van der Waals surface area contributed by atoms with Gasteiger partial charge < -0.3 is 14.8 Å². The zero-order chi connectivity index (χ0) is 21.8. The molecule has 4 rings (SSSR count). The summed E-state index contributed by atoms with van der Waals surface area (Å²) in [5.74, 6) is 1.29. The highest BCUT2D eigenvalue weighted by Crippen LogP contribution is 2.32. The van der Waals surface area contributed by atoms with Crippen LogP contribution in [0.25, 0.3) is 0 Å². The van der Waals surface area contributed by atoms with Crippen molar-refractivity contribution in [3.63, 3.8) is 0 Å². The van der Waals surface area contributed by atoms with Gasteiger partial charge in [0.1, 0.15) is 0 Å². The Bertz CT molecular complexity index is 970. The lowest BCUT2D eigenvalue weighted by molar-refractivity contribution is -0.121. The molecule has 0 aromatic heterocycles. The summed E-state index contributed by atoms with van der Waals surface area (Å²) in [5.41, 5.74) is 3.96. The molecule has 1 saturated heterocycles. The van der Waals surface area contributed by atoms with Gasteiger partial charge in [0, 0.05) is 38.4 Å². The van der Waals surface area contributed by atoms with Crippen LogP contribution in [0.2, 0.25) is 0 Å². The van der Waals surface area contributed by atoms with E-state index >= 15 is 0 Å². The van der Waals surface area contributed by atoms with Crippen molar-refractivity contribution < 1.29 is 19.1 Å². The van der Waals surface area contributed by atoms with Crippen molar-refractivity contribution >= 4 is 17.6 Å². The Kier molecular flexibility index (Phi) is 6.39. The van der Waals surface area contributed by atoms with Crippen LogP contribution >= 0.6 is 0 Å². The normalized spacial score (nSPS) is 16.2. The Morgan fingerprint density at radius 1 is 0.935 bits per heavy atom. The van der Waals surface area contributed by atoms with E-state index in [0.717, 1.165) is 55.3 Å². The summed E-state index contributed by atoms with van der Waals surface area (Å²) >= 11 is 0. The lowest BCUT2D eigenvalue weighted by atomic mass is 10.1. The van der Waals surface area contributed by atoms with Gasteiger partial charge in [0.2, 0.25) is 12.7 Å². The summed E-state index contributed by atoms with van der Waals surface area (Å²) in [6.07, 6.45) is 0. The van der Waals surface area contributed by atoms with Crippen LogP contribution in [-0.4, -0.2) is 61.3 Å². The molecule has 2 aliphatic rings. The van der Waals surface area contributed by atoms with Crippen LogP contribution in [0.15, 0.2) is 36.4 Å². The number of fused-ring (bicyclic) bond motifs is 1. The van der Waals surface area contributed by atoms with E-state index in [0.29, 0.717) is 5.69 Å². The second-order valence-corrected chi connectivity index (χ2v) is 8.06. The van der Waals surface area contributed by atoms with Crippen molar-refractivity contribution in [1.82, 2.24) is 15.1 Å². The fourth-order valence-corrected chi connectivity index (χ4v) is 3.88. The van der Waals surface area contributed by atoms with Crippen molar-refractivity contribution in [3.8, 4) is 11.5 Å². The number of carbonyl (C=O) groups excluding carboxylic acids is 2. The third kappa shape index (κ3) is 5.53. The van der Waals surface area contributed by atoms with Gasteiger partial charge in [0.15, 0.2) is 11.5 Å². The number of anilines is 1. The largest absolute Gasteiger partial charge is 0.454 e. The molecule has 0 spiro atoms. The average molecular weight is 425 g/mol. The van der Waals surface area contributed by atoms with Gasteiger partial charge in [-0.2, -0.15) is 0 Å². The Morgan fingerprint density at radius 2 is 1.68 bits per heavy atom. The molecule has 0 atom stereocenters. The molecule has 0 bridgehead atoms.